The van der Waals surface area contributed by atoms with Gasteiger partial charge in [0.2, 0.25) is 0 Å². The van der Waals surface area contributed by atoms with Gasteiger partial charge in [0, 0.05) is 0 Å². The van der Waals surface area contributed by atoms with Gasteiger partial charge in [-0.25, -0.2) is 18.3 Å². The zero-order chi connectivity index (χ0) is 13.6. The van der Waals surface area contributed by atoms with Crippen LogP contribution in [-0.2, 0) is 0 Å². The van der Waals surface area contributed by atoms with Crippen LogP contribution in [0.4, 0.5) is 8.78 Å². The lowest BCUT2D eigenvalue weighted by molar-refractivity contribution is 0.143. The molecule has 0 aliphatic rings. The molecule has 3 aromatic heterocycles. The van der Waals surface area contributed by atoms with E-state index in [-0.39, 0.29) is 5.69 Å². The van der Waals surface area contributed by atoms with Crippen molar-refractivity contribution >= 4 is 21.6 Å². The van der Waals surface area contributed by atoms with Crippen molar-refractivity contribution in [1.82, 2.24) is 14.6 Å². The van der Waals surface area contributed by atoms with Crippen molar-refractivity contribution in [3.05, 3.63) is 40.3 Å². The second-order valence-corrected chi connectivity index (χ2v) is 4.77. The Kier molecular flexibility index (Phi) is 2.85. The van der Waals surface area contributed by atoms with Gasteiger partial charge in [-0.15, -0.1) is 0 Å². The summed E-state index contributed by atoms with van der Waals surface area (Å²) in [5.74, 6) is 0.440. The van der Waals surface area contributed by atoms with Crippen LogP contribution in [-0.4, -0.2) is 14.6 Å². The molecular weight excluding hydrogens is 320 g/mol. The molecule has 0 aliphatic heterocycles. The summed E-state index contributed by atoms with van der Waals surface area (Å²) < 4.78 is 33.2. The van der Waals surface area contributed by atoms with Crippen LogP contribution in [0.15, 0.2) is 33.4 Å². The molecular formula is C12H8BrF2N3O. The Morgan fingerprint density at radius 3 is 2.84 bits per heavy atom. The zero-order valence-electron chi connectivity index (χ0n) is 9.77. The SMILES string of the molecule is Cc1nn2c(C(F)F)cc(-c3ccco3)nc2c1Br. The fourth-order valence-electron chi connectivity index (χ4n) is 1.83. The molecule has 19 heavy (non-hydrogen) atoms. The molecule has 3 rings (SSSR count). The van der Waals surface area contributed by atoms with Gasteiger partial charge in [0.1, 0.15) is 11.4 Å². The van der Waals surface area contributed by atoms with Crippen molar-refractivity contribution in [3.63, 3.8) is 0 Å². The molecule has 0 amide bonds. The molecule has 0 unspecified atom stereocenters. The smallest absolute Gasteiger partial charge is 0.280 e. The van der Waals surface area contributed by atoms with Gasteiger partial charge in [-0.3, -0.25) is 0 Å². The number of nitrogens with zero attached hydrogens (tertiary/aromatic N) is 3. The van der Waals surface area contributed by atoms with Crippen LogP contribution in [0.3, 0.4) is 0 Å². The van der Waals surface area contributed by atoms with Gasteiger partial charge in [0.25, 0.3) is 6.43 Å². The molecule has 0 aliphatic carbocycles. The number of aromatic nitrogens is 3. The fraction of sp³-hybridized carbons (Fsp3) is 0.167. The third-order valence-corrected chi connectivity index (χ3v) is 3.65. The quantitative estimate of drug-likeness (QED) is 0.714. The number of aryl methyl sites for hydroxylation is 1. The number of alkyl halides is 2. The van der Waals surface area contributed by atoms with E-state index in [4.69, 9.17) is 4.42 Å². The molecule has 3 aromatic rings. The van der Waals surface area contributed by atoms with E-state index in [1.807, 2.05) is 0 Å². The minimum absolute atomic E-state index is 0.217. The van der Waals surface area contributed by atoms with Gasteiger partial charge in [-0.2, -0.15) is 5.10 Å². The molecule has 0 atom stereocenters. The molecule has 0 bridgehead atoms. The van der Waals surface area contributed by atoms with Gasteiger partial charge >= 0.3 is 0 Å². The van der Waals surface area contributed by atoms with E-state index in [1.165, 1.54) is 12.3 Å². The predicted molar refractivity (Wildman–Crippen MR) is 68.1 cm³/mol. The van der Waals surface area contributed by atoms with Crippen molar-refractivity contribution in [2.24, 2.45) is 0 Å². The average Bonchev–Trinajstić information content (AvgIpc) is 2.99. The molecule has 4 nitrogen and oxygen atoms in total. The molecule has 0 fully saturated rings. The highest BCUT2D eigenvalue weighted by Crippen LogP contribution is 2.29. The summed E-state index contributed by atoms with van der Waals surface area (Å²) in [4.78, 5) is 4.31. The number of furan rings is 1. The van der Waals surface area contributed by atoms with Gasteiger partial charge < -0.3 is 4.42 Å². The number of rotatable bonds is 2. The Morgan fingerprint density at radius 1 is 1.42 bits per heavy atom. The first-order valence-electron chi connectivity index (χ1n) is 5.45. The molecule has 0 saturated carbocycles. The summed E-state index contributed by atoms with van der Waals surface area (Å²) in [6.07, 6.45) is -1.18. The molecule has 0 spiro atoms. The summed E-state index contributed by atoms with van der Waals surface area (Å²) >= 11 is 3.31. The highest BCUT2D eigenvalue weighted by molar-refractivity contribution is 9.10. The first-order valence-corrected chi connectivity index (χ1v) is 6.25. The Morgan fingerprint density at radius 2 is 2.21 bits per heavy atom. The number of hydrogen-bond acceptors (Lipinski definition) is 3. The maximum atomic E-state index is 13.1. The van der Waals surface area contributed by atoms with Crippen molar-refractivity contribution < 1.29 is 13.2 Å². The largest absolute Gasteiger partial charge is 0.463 e. The van der Waals surface area contributed by atoms with Crippen molar-refractivity contribution in [3.8, 4) is 11.5 Å². The monoisotopic (exact) mass is 327 g/mol. The predicted octanol–water partition coefficient (Wildman–Crippen LogP) is 4.00. The molecule has 7 heteroatoms. The van der Waals surface area contributed by atoms with E-state index in [0.29, 0.717) is 27.3 Å². The van der Waals surface area contributed by atoms with Crippen LogP contribution in [0.5, 0.6) is 0 Å². The molecule has 0 N–H and O–H groups in total. The average molecular weight is 328 g/mol. The van der Waals surface area contributed by atoms with E-state index in [2.05, 4.69) is 26.0 Å². The lowest BCUT2D eigenvalue weighted by Gasteiger charge is -2.05. The fourth-order valence-corrected chi connectivity index (χ4v) is 2.16. The van der Waals surface area contributed by atoms with Crippen LogP contribution in [0, 0.1) is 6.92 Å². The first-order chi connectivity index (χ1) is 9.08. The number of fused-ring (bicyclic) bond motifs is 1. The third-order valence-electron chi connectivity index (χ3n) is 2.72. The highest BCUT2D eigenvalue weighted by Gasteiger charge is 2.20. The third kappa shape index (κ3) is 1.94. The molecule has 0 saturated heterocycles. The van der Waals surface area contributed by atoms with Gasteiger partial charge in [0.05, 0.1) is 16.4 Å². The van der Waals surface area contributed by atoms with E-state index in [0.717, 1.165) is 4.52 Å². The zero-order valence-corrected chi connectivity index (χ0v) is 11.4. The van der Waals surface area contributed by atoms with Crippen LogP contribution >= 0.6 is 15.9 Å². The van der Waals surface area contributed by atoms with Crippen LogP contribution in [0.1, 0.15) is 17.8 Å². The summed E-state index contributed by atoms with van der Waals surface area (Å²) in [5.41, 5.74) is 1.09. The van der Waals surface area contributed by atoms with Crippen LogP contribution < -0.4 is 0 Å². The minimum atomic E-state index is -2.65. The summed E-state index contributed by atoms with van der Waals surface area (Å²) in [6, 6.07) is 4.64. The lowest BCUT2D eigenvalue weighted by Crippen LogP contribution is -2.02. The van der Waals surface area contributed by atoms with Crippen LogP contribution in [0.25, 0.3) is 17.1 Å². The highest BCUT2D eigenvalue weighted by atomic mass is 79.9. The molecule has 3 heterocycles. The van der Waals surface area contributed by atoms with Crippen molar-refractivity contribution in [1.29, 1.82) is 0 Å². The molecule has 0 radical (unpaired) electrons. The Hall–Kier alpha value is -1.76. The topological polar surface area (TPSA) is 43.3 Å². The van der Waals surface area contributed by atoms with Crippen molar-refractivity contribution in [2.75, 3.05) is 0 Å². The van der Waals surface area contributed by atoms with Gasteiger partial charge in [0.15, 0.2) is 11.4 Å². The number of hydrogen-bond donors (Lipinski definition) is 0. The maximum Gasteiger partial charge on any atom is 0.280 e. The number of halogens is 3. The Labute approximate surface area is 115 Å². The van der Waals surface area contributed by atoms with Gasteiger partial charge in [-0.05, 0) is 41.1 Å². The van der Waals surface area contributed by atoms with E-state index in [1.54, 1.807) is 19.1 Å². The molecule has 0 aromatic carbocycles. The summed E-state index contributed by atoms with van der Waals surface area (Å²) in [7, 11) is 0. The lowest BCUT2D eigenvalue weighted by atomic mass is 10.2. The summed E-state index contributed by atoms with van der Waals surface area (Å²) in [6.45, 7) is 1.72. The maximum absolute atomic E-state index is 13.1. The normalized spacial score (nSPS) is 11.6. The second kappa shape index (κ2) is 4.41. The van der Waals surface area contributed by atoms with Crippen molar-refractivity contribution in [2.45, 2.75) is 13.3 Å². The first kappa shape index (κ1) is 12.3. The summed E-state index contributed by atoms with van der Waals surface area (Å²) in [5, 5.41) is 4.05. The van der Waals surface area contributed by atoms with Gasteiger partial charge in [-0.1, -0.05) is 0 Å². The molecule has 98 valence electrons. The minimum Gasteiger partial charge on any atom is -0.463 e. The van der Waals surface area contributed by atoms with Crippen LogP contribution in [0.2, 0.25) is 0 Å². The Balaban J connectivity index is 2.35. The second-order valence-electron chi connectivity index (χ2n) is 3.98. The van der Waals surface area contributed by atoms with E-state index >= 15 is 0 Å². The van der Waals surface area contributed by atoms with E-state index in [9.17, 15) is 8.78 Å². The Bertz CT molecular complexity index is 737. The standard InChI is InChI=1S/C12H8BrF2N3O/c1-6-10(13)12-16-7(9-3-2-4-19-9)5-8(11(14)15)18(12)17-6/h2-5,11H,1H3. The van der Waals surface area contributed by atoms with E-state index < -0.39 is 6.43 Å².